The van der Waals surface area contributed by atoms with Crippen LogP contribution in [-0.4, -0.2) is 43.6 Å². The Labute approximate surface area is 173 Å². The average molecular weight is 402 g/mol. The maximum Gasteiger partial charge on any atom is 0.197 e. The number of fused-ring (bicyclic) bond motifs is 1. The van der Waals surface area contributed by atoms with Crippen molar-refractivity contribution in [3.05, 3.63) is 60.3 Å². The molecule has 30 heavy (non-hydrogen) atoms. The average Bonchev–Trinajstić information content (AvgIpc) is 3.43. The number of hydrogen-bond acceptors (Lipinski definition) is 7. The number of aryl methyl sites for hydroxylation is 1. The Bertz CT molecular complexity index is 1210. The fourth-order valence-electron chi connectivity index (χ4n) is 3.80. The molecule has 0 saturated carbocycles. The third-order valence-electron chi connectivity index (χ3n) is 5.47. The zero-order valence-corrected chi connectivity index (χ0v) is 16.7. The van der Waals surface area contributed by atoms with Gasteiger partial charge in [0.25, 0.3) is 0 Å². The predicted octanol–water partition coefficient (Wildman–Crippen LogP) is 2.91. The summed E-state index contributed by atoms with van der Waals surface area (Å²) in [6.07, 6.45) is 9.04. The Morgan fingerprint density at radius 3 is 2.90 bits per heavy atom. The third kappa shape index (κ3) is 3.73. The van der Waals surface area contributed by atoms with Crippen LogP contribution in [0.25, 0.3) is 22.2 Å². The highest BCUT2D eigenvalue weighted by Gasteiger charge is 2.22. The lowest BCUT2D eigenvalue weighted by Gasteiger charge is -2.19. The largest absolute Gasteiger partial charge is 0.448 e. The molecular formula is C22H22N6O2. The molecule has 1 aliphatic rings. The van der Waals surface area contributed by atoms with Gasteiger partial charge in [-0.25, -0.2) is 9.97 Å². The van der Waals surface area contributed by atoms with Crippen LogP contribution in [0.1, 0.15) is 40.8 Å². The van der Waals surface area contributed by atoms with E-state index in [4.69, 9.17) is 9.40 Å². The molecular weight excluding hydrogens is 380 g/mol. The molecule has 8 nitrogen and oxygen atoms in total. The van der Waals surface area contributed by atoms with Crippen LogP contribution in [0.3, 0.4) is 0 Å². The van der Waals surface area contributed by atoms with Gasteiger partial charge in [-0.1, -0.05) is 0 Å². The molecule has 1 aliphatic heterocycles. The monoisotopic (exact) mass is 402 g/mol. The molecule has 0 amide bonds. The van der Waals surface area contributed by atoms with E-state index in [1.54, 1.807) is 17.1 Å². The van der Waals surface area contributed by atoms with E-state index in [9.17, 15) is 4.79 Å². The molecule has 152 valence electrons. The van der Waals surface area contributed by atoms with E-state index in [1.165, 1.54) is 6.26 Å². The molecule has 0 spiro atoms. The quantitative estimate of drug-likeness (QED) is 0.513. The summed E-state index contributed by atoms with van der Waals surface area (Å²) < 4.78 is 7.34. The Kier molecular flexibility index (Phi) is 4.84. The van der Waals surface area contributed by atoms with Gasteiger partial charge >= 0.3 is 0 Å². The molecule has 0 radical (unpaired) electrons. The Balaban J connectivity index is 1.35. The number of aromatic nitrogens is 5. The van der Waals surface area contributed by atoms with Crippen molar-refractivity contribution in [3.8, 4) is 11.3 Å². The maximum absolute atomic E-state index is 12.7. The summed E-state index contributed by atoms with van der Waals surface area (Å²) in [6, 6.07) is 5.79. The van der Waals surface area contributed by atoms with Gasteiger partial charge in [-0.15, -0.1) is 0 Å². The number of pyridine rings is 2. The van der Waals surface area contributed by atoms with Crippen LogP contribution in [0.4, 0.5) is 0 Å². The van der Waals surface area contributed by atoms with Gasteiger partial charge in [0.2, 0.25) is 0 Å². The first-order valence-electron chi connectivity index (χ1n) is 10.1. The van der Waals surface area contributed by atoms with E-state index in [2.05, 4.69) is 20.4 Å². The zero-order chi connectivity index (χ0) is 20.5. The summed E-state index contributed by atoms with van der Waals surface area (Å²) in [5.41, 5.74) is 3.60. The van der Waals surface area contributed by atoms with Crippen molar-refractivity contribution in [3.63, 3.8) is 0 Å². The molecule has 0 atom stereocenters. The van der Waals surface area contributed by atoms with E-state index >= 15 is 0 Å². The van der Waals surface area contributed by atoms with Gasteiger partial charge in [0.15, 0.2) is 11.7 Å². The second kappa shape index (κ2) is 7.79. The Morgan fingerprint density at radius 1 is 1.23 bits per heavy atom. The fraction of sp³-hybridized carbons (Fsp3) is 0.318. The number of piperidine rings is 1. The van der Waals surface area contributed by atoms with Gasteiger partial charge < -0.3 is 9.73 Å². The van der Waals surface area contributed by atoms with Crippen LogP contribution in [0, 0.1) is 0 Å². The number of ketones is 1. The topological polar surface area (TPSA) is 98.7 Å². The van der Waals surface area contributed by atoms with Gasteiger partial charge in [0.05, 0.1) is 29.5 Å². The lowest BCUT2D eigenvalue weighted by Crippen LogP contribution is -2.26. The standard InChI is InChI=1S/C22H22N6O2/c1-28-12-16(11-25-28)18-3-2-15-10-24-17(8-19(15)26-18)9-21(29)20-13-30-22(27-20)14-4-6-23-7-5-14/h2-3,8,10-14,23H,4-7,9H2,1H3. The summed E-state index contributed by atoms with van der Waals surface area (Å²) in [5.74, 6) is 0.838. The van der Waals surface area contributed by atoms with E-state index in [1.807, 2.05) is 31.4 Å². The highest BCUT2D eigenvalue weighted by atomic mass is 16.3. The number of Topliss-reactive ketones (excluding diaryl/α,β-unsaturated/α-hetero) is 1. The fourth-order valence-corrected chi connectivity index (χ4v) is 3.80. The predicted molar refractivity (Wildman–Crippen MR) is 111 cm³/mol. The minimum atomic E-state index is -0.103. The highest BCUT2D eigenvalue weighted by Crippen LogP contribution is 2.25. The van der Waals surface area contributed by atoms with Gasteiger partial charge in [-0.2, -0.15) is 5.10 Å². The summed E-state index contributed by atoms with van der Waals surface area (Å²) in [7, 11) is 1.87. The lowest BCUT2D eigenvalue weighted by molar-refractivity contribution is 0.0987. The smallest absolute Gasteiger partial charge is 0.197 e. The van der Waals surface area contributed by atoms with Crippen molar-refractivity contribution in [2.45, 2.75) is 25.2 Å². The molecule has 0 aliphatic carbocycles. The molecule has 5 heterocycles. The number of carbonyl (C=O) groups excluding carboxylic acids is 1. The number of oxazole rings is 1. The second-order valence-corrected chi connectivity index (χ2v) is 7.66. The van der Waals surface area contributed by atoms with Crippen molar-refractivity contribution in [2.75, 3.05) is 13.1 Å². The molecule has 1 fully saturated rings. The molecule has 0 unspecified atom stereocenters. The van der Waals surface area contributed by atoms with Gasteiger partial charge in [0.1, 0.15) is 12.0 Å². The minimum absolute atomic E-state index is 0.103. The first-order chi connectivity index (χ1) is 14.7. The van der Waals surface area contributed by atoms with Crippen LogP contribution in [0.15, 0.2) is 47.5 Å². The van der Waals surface area contributed by atoms with Crippen LogP contribution in [-0.2, 0) is 13.5 Å². The summed E-state index contributed by atoms with van der Waals surface area (Å²) >= 11 is 0. The van der Waals surface area contributed by atoms with Crippen molar-refractivity contribution in [2.24, 2.45) is 7.05 Å². The molecule has 4 aromatic rings. The molecule has 0 bridgehead atoms. The molecule has 8 heteroatoms. The summed E-state index contributed by atoms with van der Waals surface area (Å²) in [4.78, 5) is 26.3. The summed E-state index contributed by atoms with van der Waals surface area (Å²) in [5, 5.41) is 8.45. The van der Waals surface area contributed by atoms with Crippen LogP contribution < -0.4 is 5.32 Å². The lowest BCUT2D eigenvalue weighted by atomic mass is 9.98. The number of carbonyl (C=O) groups is 1. The van der Waals surface area contributed by atoms with Gasteiger partial charge in [0, 0.05) is 36.3 Å². The van der Waals surface area contributed by atoms with E-state index in [0.29, 0.717) is 17.3 Å². The first-order valence-corrected chi connectivity index (χ1v) is 10.1. The SMILES string of the molecule is Cn1cc(-c2ccc3cnc(CC(=O)c4coc(C5CCNCC5)n4)cc3n2)cn1. The van der Waals surface area contributed by atoms with Gasteiger partial charge in [-0.3, -0.25) is 14.5 Å². The van der Waals surface area contributed by atoms with E-state index in [0.717, 1.165) is 48.1 Å². The van der Waals surface area contributed by atoms with Crippen molar-refractivity contribution >= 4 is 16.7 Å². The first kappa shape index (κ1) is 18.6. The van der Waals surface area contributed by atoms with Crippen molar-refractivity contribution < 1.29 is 9.21 Å². The second-order valence-electron chi connectivity index (χ2n) is 7.66. The Hall–Kier alpha value is -3.39. The van der Waals surface area contributed by atoms with Crippen LogP contribution in [0.5, 0.6) is 0 Å². The molecule has 1 N–H and O–H groups in total. The van der Waals surface area contributed by atoms with Gasteiger partial charge in [-0.05, 0) is 44.1 Å². The number of nitrogens with one attached hydrogen (secondary N) is 1. The van der Waals surface area contributed by atoms with Crippen molar-refractivity contribution in [1.29, 1.82) is 0 Å². The Morgan fingerprint density at radius 2 is 2.10 bits per heavy atom. The van der Waals surface area contributed by atoms with Crippen LogP contribution in [0.2, 0.25) is 0 Å². The van der Waals surface area contributed by atoms with Crippen LogP contribution >= 0.6 is 0 Å². The maximum atomic E-state index is 12.7. The normalized spacial score (nSPS) is 15.0. The van der Waals surface area contributed by atoms with E-state index < -0.39 is 0 Å². The molecule has 1 saturated heterocycles. The number of hydrogen-bond donors (Lipinski definition) is 1. The number of nitrogens with zero attached hydrogens (tertiary/aromatic N) is 5. The minimum Gasteiger partial charge on any atom is -0.448 e. The third-order valence-corrected chi connectivity index (χ3v) is 5.47. The van der Waals surface area contributed by atoms with E-state index in [-0.39, 0.29) is 18.1 Å². The highest BCUT2D eigenvalue weighted by molar-refractivity contribution is 5.95. The van der Waals surface area contributed by atoms with Crippen molar-refractivity contribution in [1.82, 2.24) is 30.0 Å². The molecule has 4 aromatic heterocycles. The molecule has 0 aromatic carbocycles. The summed E-state index contributed by atoms with van der Waals surface area (Å²) in [6.45, 7) is 1.90. The zero-order valence-electron chi connectivity index (χ0n) is 16.7. The molecule has 5 rings (SSSR count). The number of rotatable bonds is 5.